The van der Waals surface area contributed by atoms with Crippen molar-refractivity contribution in [2.75, 3.05) is 12.3 Å². The molecule has 1 rings (SSSR count). The van der Waals surface area contributed by atoms with Crippen LogP contribution in [0.1, 0.15) is 23.8 Å². The smallest absolute Gasteiger partial charge is 0.360 e. The minimum Gasteiger partial charge on any atom is -0.461 e. The Kier molecular flexibility index (Phi) is 3.91. The van der Waals surface area contributed by atoms with Crippen molar-refractivity contribution in [2.45, 2.75) is 19.9 Å². The van der Waals surface area contributed by atoms with Gasteiger partial charge in [-0.1, -0.05) is 6.08 Å². The monoisotopic (exact) mass is 209 g/mol. The van der Waals surface area contributed by atoms with Crippen LogP contribution in [0.5, 0.6) is 0 Å². The van der Waals surface area contributed by atoms with Crippen molar-refractivity contribution in [1.82, 2.24) is 9.55 Å². The van der Waals surface area contributed by atoms with Crippen molar-refractivity contribution in [3.05, 3.63) is 24.7 Å². The van der Waals surface area contributed by atoms with Gasteiger partial charge in [0.2, 0.25) is 0 Å². The second kappa shape index (κ2) is 5.19. The van der Waals surface area contributed by atoms with Crippen LogP contribution in [0.4, 0.5) is 5.82 Å². The quantitative estimate of drug-likeness (QED) is 0.584. The molecule has 0 atom stereocenters. The lowest BCUT2D eigenvalue weighted by atomic mass is 10.4. The fourth-order valence-electron chi connectivity index (χ4n) is 1.16. The molecule has 0 aliphatic carbocycles. The van der Waals surface area contributed by atoms with E-state index in [4.69, 9.17) is 10.5 Å². The molecule has 0 spiro atoms. The predicted molar refractivity (Wildman–Crippen MR) is 57.4 cm³/mol. The van der Waals surface area contributed by atoms with Gasteiger partial charge in [-0.2, -0.15) is 0 Å². The van der Waals surface area contributed by atoms with E-state index in [0.29, 0.717) is 19.0 Å². The number of aryl methyl sites for hydroxylation is 1. The standard InChI is InChI=1S/C10H15N3O2/c1-3-5-6-13-7-12-8(9(13)11)10(14)15-4-2/h3,7H,1,4-6,11H2,2H3. The Hall–Kier alpha value is -1.78. The molecule has 1 aromatic heterocycles. The van der Waals surface area contributed by atoms with Crippen LogP contribution >= 0.6 is 0 Å². The Morgan fingerprint density at radius 1 is 1.80 bits per heavy atom. The maximum atomic E-state index is 11.4. The fourth-order valence-corrected chi connectivity index (χ4v) is 1.16. The summed E-state index contributed by atoms with van der Waals surface area (Å²) >= 11 is 0. The number of ether oxygens (including phenoxy) is 1. The van der Waals surface area contributed by atoms with E-state index in [1.54, 1.807) is 17.6 Å². The molecule has 0 aliphatic heterocycles. The molecule has 0 fully saturated rings. The Balaban J connectivity index is 2.78. The summed E-state index contributed by atoms with van der Waals surface area (Å²) in [5.74, 6) is -0.136. The van der Waals surface area contributed by atoms with Crippen LogP contribution < -0.4 is 5.73 Å². The van der Waals surface area contributed by atoms with E-state index < -0.39 is 5.97 Å². The SMILES string of the molecule is C=CCCn1cnc(C(=O)OCC)c1N. The molecule has 0 unspecified atom stereocenters. The largest absolute Gasteiger partial charge is 0.461 e. The minimum atomic E-state index is -0.479. The molecule has 82 valence electrons. The number of nitrogens with two attached hydrogens (primary N) is 1. The summed E-state index contributed by atoms with van der Waals surface area (Å²) in [6.45, 7) is 6.34. The van der Waals surface area contributed by atoms with Gasteiger partial charge in [0.25, 0.3) is 0 Å². The van der Waals surface area contributed by atoms with Crippen molar-refractivity contribution >= 4 is 11.8 Å². The Morgan fingerprint density at radius 3 is 3.13 bits per heavy atom. The molecule has 0 saturated heterocycles. The number of aromatic nitrogens is 2. The van der Waals surface area contributed by atoms with Crippen LogP contribution in [0.2, 0.25) is 0 Å². The molecule has 0 saturated carbocycles. The van der Waals surface area contributed by atoms with E-state index >= 15 is 0 Å². The number of carbonyl (C=O) groups is 1. The highest BCUT2D eigenvalue weighted by atomic mass is 16.5. The van der Waals surface area contributed by atoms with Crippen LogP contribution in [0.15, 0.2) is 19.0 Å². The minimum absolute atomic E-state index is 0.181. The van der Waals surface area contributed by atoms with Gasteiger partial charge in [0.15, 0.2) is 5.69 Å². The number of imidazole rings is 1. The molecule has 1 aromatic rings. The zero-order valence-electron chi connectivity index (χ0n) is 8.77. The van der Waals surface area contributed by atoms with Gasteiger partial charge in [0.05, 0.1) is 12.9 Å². The van der Waals surface area contributed by atoms with E-state index in [1.165, 1.54) is 6.33 Å². The van der Waals surface area contributed by atoms with Crippen molar-refractivity contribution < 1.29 is 9.53 Å². The summed E-state index contributed by atoms with van der Waals surface area (Å²) in [5, 5.41) is 0. The average molecular weight is 209 g/mol. The molecule has 0 radical (unpaired) electrons. The van der Waals surface area contributed by atoms with Gasteiger partial charge in [-0.05, 0) is 13.3 Å². The van der Waals surface area contributed by atoms with E-state index in [1.807, 2.05) is 0 Å². The molecular formula is C10H15N3O2. The van der Waals surface area contributed by atoms with Gasteiger partial charge in [0.1, 0.15) is 5.82 Å². The van der Waals surface area contributed by atoms with E-state index in [9.17, 15) is 4.79 Å². The highest BCUT2D eigenvalue weighted by Crippen LogP contribution is 2.11. The highest BCUT2D eigenvalue weighted by molar-refractivity contribution is 5.92. The zero-order valence-corrected chi connectivity index (χ0v) is 8.77. The lowest BCUT2D eigenvalue weighted by Gasteiger charge is -2.03. The van der Waals surface area contributed by atoms with Gasteiger partial charge in [-0.3, -0.25) is 0 Å². The summed E-state index contributed by atoms with van der Waals surface area (Å²) in [5.41, 5.74) is 5.92. The zero-order chi connectivity index (χ0) is 11.3. The molecule has 15 heavy (non-hydrogen) atoms. The van der Waals surface area contributed by atoms with Gasteiger partial charge < -0.3 is 15.0 Å². The van der Waals surface area contributed by atoms with Gasteiger partial charge in [0, 0.05) is 6.54 Å². The van der Waals surface area contributed by atoms with Crippen molar-refractivity contribution in [3.8, 4) is 0 Å². The molecule has 2 N–H and O–H groups in total. The maximum absolute atomic E-state index is 11.4. The van der Waals surface area contributed by atoms with Crippen LogP contribution in [0.25, 0.3) is 0 Å². The lowest BCUT2D eigenvalue weighted by Crippen LogP contribution is -2.10. The third kappa shape index (κ3) is 2.59. The second-order valence-electron chi connectivity index (χ2n) is 2.97. The third-order valence-electron chi connectivity index (χ3n) is 1.92. The summed E-state index contributed by atoms with van der Waals surface area (Å²) in [4.78, 5) is 15.3. The summed E-state index contributed by atoms with van der Waals surface area (Å²) in [6.07, 6.45) is 4.09. The van der Waals surface area contributed by atoms with Crippen LogP contribution in [0, 0.1) is 0 Å². The van der Waals surface area contributed by atoms with Crippen molar-refractivity contribution in [2.24, 2.45) is 0 Å². The number of nitrogen functional groups attached to an aromatic ring is 1. The van der Waals surface area contributed by atoms with E-state index in [-0.39, 0.29) is 5.69 Å². The fraction of sp³-hybridized carbons (Fsp3) is 0.400. The molecule has 0 aromatic carbocycles. The third-order valence-corrected chi connectivity index (χ3v) is 1.92. The first kappa shape index (κ1) is 11.3. The number of anilines is 1. The molecule has 1 heterocycles. The number of carbonyl (C=O) groups excluding carboxylic acids is 1. The number of rotatable bonds is 5. The van der Waals surface area contributed by atoms with Gasteiger partial charge >= 0.3 is 5.97 Å². The van der Waals surface area contributed by atoms with Crippen LogP contribution in [-0.4, -0.2) is 22.1 Å². The first-order valence-electron chi connectivity index (χ1n) is 4.79. The number of hydrogen-bond donors (Lipinski definition) is 1. The Bertz CT molecular complexity index is 358. The number of allylic oxidation sites excluding steroid dienone is 1. The lowest BCUT2D eigenvalue weighted by molar-refractivity contribution is 0.0521. The summed E-state index contributed by atoms with van der Waals surface area (Å²) in [7, 11) is 0. The Morgan fingerprint density at radius 2 is 2.53 bits per heavy atom. The van der Waals surface area contributed by atoms with Crippen LogP contribution in [-0.2, 0) is 11.3 Å². The number of nitrogens with zero attached hydrogens (tertiary/aromatic N) is 2. The van der Waals surface area contributed by atoms with Crippen molar-refractivity contribution in [3.63, 3.8) is 0 Å². The van der Waals surface area contributed by atoms with E-state index in [2.05, 4.69) is 11.6 Å². The normalized spacial score (nSPS) is 9.93. The predicted octanol–water partition coefficient (Wildman–Crippen LogP) is 1.22. The Labute approximate surface area is 88.6 Å². The first-order chi connectivity index (χ1) is 7.20. The summed E-state index contributed by atoms with van der Waals surface area (Å²) < 4.78 is 6.51. The molecule has 5 heteroatoms. The molecule has 0 aliphatic rings. The summed E-state index contributed by atoms with van der Waals surface area (Å²) in [6, 6.07) is 0. The molecule has 0 bridgehead atoms. The molecule has 0 amide bonds. The van der Waals surface area contributed by atoms with Crippen LogP contribution in [0.3, 0.4) is 0 Å². The number of hydrogen-bond acceptors (Lipinski definition) is 4. The highest BCUT2D eigenvalue weighted by Gasteiger charge is 2.15. The first-order valence-corrected chi connectivity index (χ1v) is 4.79. The van der Waals surface area contributed by atoms with Gasteiger partial charge in [-0.15, -0.1) is 6.58 Å². The average Bonchev–Trinajstić information content (AvgIpc) is 2.57. The van der Waals surface area contributed by atoms with Gasteiger partial charge in [-0.25, -0.2) is 9.78 Å². The maximum Gasteiger partial charge on any atom is 0.360 e. The topological polar surface area (TPSA) is 70.1 Å². The molecular weight excluding hydrogens is 194 g/mol. The van der Waals surface area contributed by atoms with E-state index in [0.717, 1.165) is 6.42 Å². The molecule has 5 nitrogen and oxygen atoms in total. The second-order valence-corrected chi connectivity index (χ2v) is 2.97. The number of esters is 1. The van der Waals surface area contributed by atoms with Crippen molar-refractivity contribution in [1.29, 1.82) is 0 Å².